The molecule has 1 aliphatic carbocycles. The number of hydrogen-bond acceptors (Lipinski definition) is 4. The first-order valence-corrected chi connectivity index (χ1v) is 7.27. The van der Waals surface area contributed by atoms with Crippen molar-refractivity contribution in [3.8, 4) is 6.07 Å². The molecule has 22 heavy (non-hydrogen) atoms. The van der Waals surface area contributed by atoms with Gasteiger partial charge in [0.2, 0.25) is 0 Å². The van der Waals surface area contributed by atoms with Gasteiger partial charge in [0.15, 0.2) is 5.60 Å². The highest BCUT2D eigenvalue weighted by molar-refractivity contribution is 5.78. The molecule has 0 heterocycles. The molecule has 0 amide bonds. The quantitative estimate of drug-likeness (QED) is 0.758. The van der Waals surface area contributed by atoms with Crippen molar-refractivity contribution in [1.29, 1.82) is 5.26 Å². The van der Waals surface area contributed by atoms with Gasteiger partial charge in [-0.15, -0.1) is 0 Å². The third kappa shape index (κ3) is 3.28. The molecule has 0 fully saturated rings. The van der Waals surface area contributed by atoms with Gasteiger partial charge in [-0.3, -0.25) is 0 Å². The van der Waals surface area contributed by atoms with Crippen LogP contribution in [0.1, 0.15) is 5.56 Å². The van der Waals surface area contributed by atoms with E-state index in [0.717, 1.165) is 17.7 Å². The molecule has 1 aromatic rings. The second-order valence-corrected chi connectivity index (χ2v) is 5.60. The van der Waals surface area contributed by atoms with Gasteiger partial charge in [0.05, 0.1) is 0 Å². The van der Waals surface area contributed by atoms with Crippen LogP contribution in [0.4, 0.5) is 0 Å². The summed E-state index contributed by atoms with van der Waals surface area (Å²) in [5.41, 5.74) is 0.825. The predicted octanol–water partition coefficient (Wildman–Crippen LogP) is 2.70. The van der Waals surface area contributed by atoms with Crippen molar-refractivity contribution in [2.75, 3.05) is 34.5 Å². The van der Waals surface area contributed by atoms with Gasteiger partial charge in [-0.1, -0.05) is 48.6 Å². The molecule has 116 valence electrons. The number of rotatable bonds is 6. The Labute approximate surface area is 132 Å². The summed E-state index contributed by atoms with van der Waals surface area (Å²) in [5.74, 6) is -0.0668. The van der Waals surface area contributed by atoms with E-state index in [0.29, 0.717) is 0 Å². The fourth-order valence-electron chi connectivity index (χ4n) is 2.77. The molecule has 0 N–H and O–H groups in total. The van der Waals surface area contributed by atoms with Crippen molar-refractivity contribution in [2.45, 2.75) is 5.60 Å². The number of benzene rings is 1. The maximum absolute atomic E-state index is 9.96. The molecule has 1 aromatic carbocycles. The molecule has 0 radical (unpaired) electrons. The van der Waals surface area contributed by atoms with E-state index in [-0.39, 0.29) is 12.7 Å². The van der Waals surface area contributed by atoms with Gasteiger partial charge in [0.25, 0.3) is 0 Å². The van der Waals surface area contributed by atoms with E-state index in [1.54, 1.807) is 7.11 Å². The molecular formula is C18H22N2O2. The standard InChI is InChI=1S/C18H22N2O2/c1-20(2)12-16-10-7-11-17(15-8-5-4-6-9-15)18(16,13-19)22-14-21-3/h4-11,16H,12,14H2,1-3H3. The van der Waals surface area contributed by atoms with Crippen molar-refractivity contribution in [3.05, 3.63) is 54.1 Å². The van der Waals surface area contributed by atoms with Crippen molar-refractivity contribution >= 4 is 5.57 Å². The average molecular weight is 298 g/mol. The normalized spacial score (nSPS) is 24.1. The Balaban J connectivity index is 2.47. The van der Waals surface area contributed by atoms with E-state index in [2.05, 4.69) is 11.0 Å². The van der Waals surface area contributed by atoms with Crippen molar-refractivity contribution in [2.24, 2.45) is 5.92 Å². The van der Waals surface area contributed by atoms with Crippen LogP contribution < -0.4 is 0 Å². The largest absolute Gasteiger partial charge is 0.359 e. The van der Waals surface area contributed by atoms with Crippen LogP contribution in [0.2, 0.25) is 0 Å². The minimum absolute atomic E-state index is 0.0668. The number of allylic oxidation sites excluding steroid dienone is 2. The average Bonchev–Trinajstić information content (AvgIpc) is 2.54. The zero-order valence-corrected chi connectivity index (χ0v) is 13.3. The van der Waals surface area contributed by atoms with Gasteiger partial charge in [0.1, 0.15) is 12.9 Å². The second kappa shape index (κ2) is 7.37. The van der Waals surface area contributed by atoms with Crippen LogP contribution in [0.5, 0.6) is 0 Å². The first kappa shape index (κ1) is 16.4. The SMILES string of the molecule is COCOC1(C#N)C(c2ccccc2)=CC=CC1CN(C)C. The molecule has 0 saturated heterocycles. The third-order valence-electron chi connectivity index (χ3n) is 3.75. The molecule has 4 heteroatoms. The van der Waals surface area contributed by atoms with Crippen LogP contribution in [-0.2, 0) is 9.47 Å². The molecule has 2 rings (SSSR count). The van der Waals surface area contributed by atoms with Gasteiger partial charge in [0, 0.05) is 25.1 Å². The molecule has 2 atom stereocenters. The monoisotopic (exact) mass is 298 g/mol. The molecule has 1 aliphatic rings. The van der Waals surface area contributed by atoms with Crippen LogP contribution >= 0.6 is 0 Å². The lowest BCUT2D eigenvalue weighted by atomic mass is 9.75. The van der Waals surface area contributed by atoms with E-state index in [1.807, 2.05) is 62.7 Å². The van der Waals surface area contributed by atoms with Crippen LogP contribution in [-0.4, -0.2) is 45.0 Å². The number of nitrogens with zero attached hydrogens (tertiary/aromatic N) is 2. The Kier molecular flexibility index (Phi) is 5.51. The number of hydrogen-bond donors (Lipinski definition) is 0. The lowest BCUT2D eigenvalue weighted by Gasteiger charge is -2.38. The lowest BCUT2D eigenvalue weighted by Crippen LogP contribution is -2.46. The zero-order valence-electron chi connectivity index (χ0n) is 13.3. The fourth-order valence-corrected chi connectivity index (χ4v) is 2.77. The number of methoxy groups -OCH3 is 1. The summed E-state index contributed by atoms with van der Waals surface area (Å²) in [7, 11) is 5.55. The van der Waals surface area contributed by atoms with Crippen LogP contribution in [0.15, 0.2) is 48.6 Å². The van der Waals surface area contributed by atoms with E-state index < -0.39 is 5.60 Å². The van der Waals surface area contributed by atoms with Crippen LogP contribution in [0.25, 0.3) is 5.57 Å². The van der Waals surface area contributed by atoms with E-state index in [1.165, 1.54) is 0 Å². The number of nitriles is 1. The van der Waals surface area contributed by atoms with Crippen LogP contribution in [0, 0.1) is 17.2 Å². The van der Waals surface area contributed by atoms with E-state index in [4.69, 9.17) is 9.47 Å². The molecular weight excluding hydrogens is 276 g/mol. The number of ether oxygens (including phenoxy) is 2. The highest BCUT2D eigenvalue weighted by atomic mass is 16.7. The van der Waals surface area contributed by atoms with Crippen molar-refractivity contribution in [3.63, 3.8) is 0 Å². The smallest absolute Gasteiger partial charge is 0.190 e. The van der Waals surface area contributed by atoms with Gasteiger partial charge in [-0.25, -0.2) is 0 Å². The maximum atomic E-state index is 9.96. The second-order valence-electron chi connectivity index (χ2n) is 5.60. The Morgan fingerprint density at radius 1 is 1.27 bits per heavy atom. The topological polar surface area (TPSA) is 45.5 Å². The molecule has 0 aliphatic heterocycles. The summed E-state index contributed by atoms with van der Waals surface area (Å²) in [5, 5.41) is 9.96. The summed E-state index contributed by atoms with van der Waals surface area (Å²) in [6, 6.07) is 12.3. The summed E-state index contributed by atoms with van der Waals surface area (Å²) >= 11 is 0. The fraction of sp³-hybridized carbons (Fsp3) is 0.389. The van der Waals surface area contributed by atoms with Gasteiger partial charge >= 0.3 is 0 Å². The van der Waals surface area contributed by atoms with Gasteiger partial charge in [-0.2, -0.15) is 5.26 Å². The van der Waals surface area contributed by atoms with Crippen molar-refractivity contribution < 1.29 is 9.47 Å². The third-order valence-corrected chi connectivity index (χ3v) is 3.75. The molecule has 4 nitrogen and oxygen atoms in total. The highest BCUT2D eigenvalue weighted by Gasteiger charge is 2.44. The van der Waals surface area contributed by atoms with Gasteiger partial charge < -0.3 is 14.4 Å². The molecule has 0 bridgehead atoms. The molecule has 0 aromatic heterocycles. The first-order valence-electron chi connectivity index (χ1n) is 7.27. The lowest BCUT2D eigenvalue weighted by molar-refractivity contribution is -0.0965. The Bertz CT molecular complexity index is 587. The highest BCUT2D eigenvalue weighted by Crippen LogP contribution is 2.40. The Morgan fingerprint density at radius 3 is 2.59 bits per heavy atom. The first-order chi connectivity index (χ1) is 10.6. The Hall–Kier alpha value is -1.93. The zero-order chi connectivity index (χ0) is 16.0. The summed E-state index contributed by atoms with van der Waals surface area (Å²) in [4.78, 5) is 2.06. The minimum atomic E-state index is -1.05. The molecule has 0 saturated carbocycles. The van der Waals surface area contributed by atoms with Crippen molar-refractivity contribution in [1.82, 2.24) is 4.90 Å². The Morgan fingerprint density at radius 2 is 2.00 bits per heavy atom. The van der Waals surface area contributed by atoms with E-state index in [9.17, 15) is 5.26 Å². The molecule has 2 unspecified atom stereocenters. The summed E-state index contributed by atoms with van der Waals surface area (Å²) < 4.78 is 11.0. The van der Waals surface area contributed by atoms with E-state index >= 15 is 0 Å². The van der Waals surface area contributed by atoms with Gasteiger partial charge in [-0.05, 0) is 19.7 Å². The maximum Gasteiger partial charge on any atom is 0.190 e. The van der Waals surface area contributed by atoms with Crippen LogP contribution in [0.3, 0.4) is 0 Å². The predicted molar refractivity (Wildman–Crippen MR) is 86.9 cm³/mol. The molecule has 0 spiro atoms. The summed E-state index contributed by atoms with van der Waals surface area (Å²) in [6.45, 7) is 0.799. The minimum Gasteiger partial charge on any atom is -0.359 e. The summed E-state index contributed by atoms with van der Waals surface area (Å²) in [6.07, 6.45) is 5.99.